The van der Waals surface area contributed by atoms with Crippen LogP contribution in [0.3, 0.4) is 0 Å². The predicted molar refractivity (Wildman–Crippen MR) is 74.2 cm³/mol. The van der Waals surface area contributed by atoms with Gasteiger partial charge in [-0.1, -0.05) is 27.5 Å². The van der Waals surface area contributed by atoms with Gasteiger partial charge in [-0.25, -0.2) is 4.79 Å². The highest BCUT2D eigenvalue weighted by Crippen LogP contribution is 2.27. The van der Waals surface area contributed by atoms with Gasteiger partial charge in [0, 0.05) is 15.1 Å². The third kappa shape index (κ3) is 3.86. The molecule has 0 saturated heterocycles. The van der Waals surface area contributed by atoms with E-state index in [9.17, 15) is 4.79 Å². The molecule has 92 valence electrons. The summed E-state index contributed by atoms with van der Waals surface area (Å²) in [6, 6.07) is 3.76. The topological polar surface area (TPSA) is 26.3 Å². The molecule has 0 radical (unpaired) electrons. The van der Waals surface area contributed by atoms with E-state index in [1.807, 2.05) is 13.0 Å². The molecular formula is C13H14BrClO2. The van der Waals surface area contributed by atoms with Crippen LogP contribution in [0.25, 0.3) is 6.08 Å². The van der Waals surface area contributed by atoms with E-state index in [0.717, 1.165) is 15.6 Å². The Morgan fingerprint density at radius 1 is 1.53 bits per heavy atom. The highest BCUT2D eigenvalue weighted by molar-refractivity contribution is 9.10. The molecule has 4 heteroatoms. The van der Waals surface area contributed by atoms with Crippen molar-refractivity contribution in [2.75, 3.05) is 6.61 Å². The molecule has 0 aliphatic rings. The van der Waals surface area contributed by atoms with Crippen LogP contribution in [-0.2, 0) is 9.53 Å². The summed E-state index contributed by atoms with van der Waals surface area (Å²) in [6.07, 6.45) is 1.75. The molecule has 0 aromatic heterocycles. The minimum atomic E-state index is -0.314. The fourth-order valence-corrected chi connectivity index (χ4v) is 2.44. The normalized spacial score (nSPS) is 11.5. The monoisotopic (exact) mass is 316 g/mol. The summed E-state index contributed by atoms with van der Waals surface area (Å²) in [5.41, 5.74) is 2.40. The highest BCUT2D eigenvalue weighted by Gasteiger charge is 2.08. The van der Waals surface area contributed by atoms with Gasteiger partial charge in [-0.3, -0.25) is 0 Å². The second kappa shape index (κ2) is 6.22. The molecule has 0 unspecified atom stereocenters. The van der Waals surface area contributed by atoms with Crippen molar-refractivity contribution in [2.24, 2.45) is 0 Å². The lowest BCUT2D eigenvalue weighted by atomic mass is 10.1. The lowest BCUT2D eigenvalue weighted by Gasteiger charge is -2.07. The van der Waals surface area contributed by atoms with Gasteiger partial charge in [0.2, 0.25) is 0 Å². The van der Waals surface area contributed by atoms with Gasteiger partial charge in [0.25, 0.3) is 0 Å². The van der Waals surface area contributed by atoms with Crippen LogP contribution in [0.2, 0.25) is 5.02 Å². The van der Waals surface area contributed by atoms with Gasteiger partial charge in [-0.05, 0) is 50.1 Å². The number of benzene rings is 1. The van der Waals surface area contributed by atoms with Gasteiger partial charge in [0.05, 0.1) is 6.61 Å². The van der Waals surface area contributed by atoms with Crippen LogP contribution in [0.1, 0.15) is 25.0 Å². The van der Waals surface area contributed by atoms with Crippen LogP contribution in [0.4, 0.5) is 0 Å². The largest absolute Gasteiger partial charge is 0.463 e. The Morgan fingerprint density at radius 3 is 2.71 bits per heavy atom. The van der Waals surface area contributed by atoms with Gasteiger partial charge < -0.3 is 4.74 Å². The van der Waals surface area contributed by atoms with Crippen LogP contribution in [0.15, 0.2) is 22.2 Å². The van der Waals surface area contributed by atoms with Crippen molar-refractivity contribution in [3.8, 4) is 0 Å². The van der Waals surface area contributed by atoms with Crippen LogP contribution in [0.5, 0.6) is 0 Å². The molecule has 1 aromatic rings. The number of hydrogen-bond donors (Lipinski definition) is 0. The molecule has 1 rings (SSSR count). The van der Waals surface area contributed by atoms with E-state index in [1.165, 1.54) is 0 Å². The Balaban J connectivity index is 3.10. The Bertz CT molecular complexity index is 443. The molecule has 17 heavy (non-hydrogen) atoms. The quantitative estimate of drug-likeness (QED) is 0.611. The summed E-state index contributed by atoms with van der Waals surface area (Å²) in [7, 11) is 0. The maximum absolute atomic E-state index is 11.5. The van der Waals surface area contributed by atoms with E-state index in [4.69, 9.17) is 16.3 Å². The van der Waals surface area contributed by atoms with E-state index < -0.39 is 0 Å². The molecule has 0 bridgehead atoms. The van der Waals surface area contributed by atoms with E-state index in [0.29, 0.717) is 17.2 Å². The molecule has 0 N–H and O–H groups in total. The third-order valence-corrected chi connectivity index (χ3v) is 3.03. The van der Waals surface area contributed by atoms with Crippen molar-refractivity contribution in [2.45, 2.75) is 20.8 Å². The van der Waals surface area contributed by atoms with Gasteiger partial charge in [-0.2, -0.15) is 0 Å². The summed E-state index contributed by atoms with van der Waals surface area (Å²) < 4.78 is 5.84. The van der Waals surface area contributed by atoms with Crippen molar-refractivity contribution in [3.63, 3.8) is 0 Å². The SMILES string of the molecule is CCOC(=O)/C(C)=C/c1c(C)cc(Br)cc1Cl. The van der Waals surface area contributed by atoms with Crippen LogP contribution in [-0.4, -0.2) is 12.6 Å². The number of carbonyl (C=O) groups excluding carboxylic acids is 1. The zero-order valence-corrected chi connectivity index (χ0v) is 12.4. The molecule has 1 aromatic carbocycles. The molecule has 2 nitrogen and oxygen atoms in total. The molecule has 0 aliphatic heterocycles. The van der Waals surface area contributed by atoms with Gasteiger partial charge in [0.1, 0.15) is 0 Å². The fraction of sp³-hybridized carbons (Fsp3) is 0.308. The first kappa shape index (κ1) is 14.3. The second-order valence-corrected chi connectivity index (χ2v) is 4.99. The molecule has 0 amide bonds. The standard InChI is InChI=1S/C13H14BrClO2/c1-4-17-13(16)9(3)6-11-8(2)5-10(14)7-12(11)15/h5-7H,4H2,1-3H3/b9-6+. The lowest BCUT2D eigenvalue weighted by molar-refractivity contribution is -0.138. The highest BCUT2D eigenvalue weighted by atomic mass is 79.9. The third-order valence-electron chi connectivity index (χ3n) is 2.26. The Labute approximate surface area is 115 Å². The fourth-order valence-electron chi connectivity index (χ4n) is 1.42. The maximum atomic E-state index is 11.5. The predicted octanol–water partition coefficient (Wildman–Crippen LogP) is 4.38. The van der Waals surface area contributed by atoms with Crippen LogP contribution in [0, 0.1) is 6.92 Å². The second-order valence-electron chi connectivity index (χ2n) is 3.67. The minimum Gasteiger partial charge on any atom is -0.463 e. The average Bonchev–Trinajstić information content (AvgIpc) is 2.23. The molecule has 0 aliphatic carbocycles. The average molecular weight is 318 g/mol. The van der Waals surface area contributed by atoms with Gasteiger partial charge in [-0.15, -0.1) is 0 Å². The van der Waals surface area contributed by atoms with Crippen molar-refractivity contribution < 1.29 is 9.53 Å². The molecule has 0 spiro atoms. The van der Waals surface area contributed by atoms with Crippen molar-refractivity contribution in [1.82, 2.24) is 0 Å². The molecule has 0 heterocycles. The van der Waals surface area contributed by atoms with Crippen molar-refractivity contribution >= 4 is 39.6 Å². The molecule has 0 fully saturated rings. The molecular weight excluding hydrogens is 303 g/mol. The summed E-state index contributed by atoms with van der Waals surface area (Å²) in [4.78, 5) is 11.5. The number of ether oxygens (including phenoxy) is 1. The van der Waals surface area contributed by atoms with Crippen molar-refractivity contribution in [3.05, 3.63) is 38.3 Å². The first-order valence-corrected chi connectivity index (χ1v) is 6.44. The first-order chi connectivity index (χ1) is 7.95. The molecule has 0 saturated carbocycles. The van der Waals surface area contributed by atoms with E-state index in [-0.39, 0.29) is 5.97 Å². The summed E-state index contributed by atoms with van der Waals surface area (Å²) >= 11 is 9.50. The van der Waals surface area contributed by atoms with Crippen LogP contribution >= 0.6 is 27.5 Å². The first-order valence-electron chi connectivity index (χ1n) is 5.26. The number of esters is 1. The van der Waals surface area contributed by atoms with E-state index >= 15 is 0 Å². The number of halogens is 2. The van der Waals surface area contributed by atoms with Gasteiger partial charge >= 0.3 is 5.97 Å². The van der Waals surface area contributed by atoms with E-state index in [2.05, 4.69) is 15.9 Å². The number of hydrogen-bond acceptors (Lipinski definition) is 2. The summed E-state index contributed by atoms with van der Waals surface area (Å²) in [5, 5.41) is 0.612. The van der Waals surface area contributed by atoms with Crippen molar-refractivity contribution in [1.29, 1.82) is 0 Å². The lowest BCUT2D eigenvalue weighted by Crippen LogP contribution is -2.05. The zero-order chi connectivity index (χ0) is 13.0. The summed E-state index contributed by atoms with van der Waals surface area (Å²) in [5.74, 6) is -0.314. The van der Waals surface area contributed by atoms with Crippen LogP contribution < -0.4 is 0 Å². The Morgan fingerprint density at radius 2 is 2.18 bits per heavy atom. The Kier molecular flexibility index (Phi) is 5.22. The van der Waals surface area contributed by atoms with E-state index in [1.54, 1.807) is 26.0 Å². The number of carbonyl (C=O) groups is 1. The minimum absolute atomic E-state index is 0.314. The zero-order valence-electron chi connectivity index (χ0n) is 10.0. The number of rotatable bonds is 3. The smallest absolute Gasteiger partial charge is 0.333 e. The maximum Gasteiger partial charge on any atom is 0.333 e. The number of aryl methyl sites for hydroxylation is 1. The Hall–Kier alpha value is -0.800. The summed E-state index contributed by atoms with van der Waals surface area (Å²) in [6.45, 7) is 5.82. The van der Waals surface area contributed by atoms with Gasteiger partial charge in [0.15, 0.2) is 0 Å². The molecule has 0 atom stereocenters.